The fraction of sp³-hybridized carbons (Fsp3) is 0.579. The van der Waals surface area contributed by atoms with Gasteiger partial charge in [-0.05, 0) is 24.6 Å². The number of ether oxygens (including phenoxy) is 2. The molecule has 0 aliphatic carbocycles. The summed E-state index contributed by atoms with van der Waals surface area (Å²) in [5, 5.41) is 17.9. The van der Waals surface area contributed by atoms with Crippen molar-refractivity contribution < 1.29 is 9.47 Å². The fourth-order valence-corrected chi connectivity index (χ4v) is 3.12. The highest BCUT2D eigenvalue weighted by molar-refractivity contribution is 5.40. The Kier molecular flexibility index (Phi) is 7.53. The average molecular weight is 342 g/mol. The van der Waals surface area contributed by atoms with E-state index in [-0.39, 0.29) is 5.92 Å². The van der Waals surface area contributed by atoms with Crippen LogP contribution in [0.25, 0.3) is 0 Å². The normalized spacial score (nSPS) is 16.6. The van der Waals surface area contributed by atoms with Gasteiger partial charge in [0, 0.05) is 51.3 Å². The summed E-state index contributed by atoms with van der Waals surface area (Å²) in [6, 6.07) is 10.3. The maximum Gasteiger partial charge on any atom is 0.123 e. The van der Waals surface area contributed by atoms with Crippen LogP contribution in [0.2, 0.25) is 0 Å². The molecule has 1 heterocycles. The molecule has 1 aliphatic heterocycles. The van der Waals surface area contributed by atoms with Gasteiger partial charge in [0.05, 0.1) is 32.3 Å². The van der Waals surface area contributed by atoms with Crippen molar-refractivity contribution in [3.63, 3.8) is 0 Å². The van der Waals surface area contributed by atoms with Crippen molar-refractivity contribution in [2.24, 2.45) is 5.92 Å². The van der Waals surface area contributed by atoms with Crippen LogP contribution < -0.4 is 9.47 Å². The molecule has 0 radical (unpaired) electrons. The summed E-state index contributed by atoms with van der Waals surface area (Å²) in [6.07, 6.45) is 1.11. The first-order valence-corrected chi connectivity index (χ1v) is 8.62. The minimum Gasteiger partial charge on any atom is -0.497 e. The zero-order valence-corrected chi connectivity index (χ0v) is 15.1. The Morgan fingerprint density at radius 1 is 1.08 bits per heavy atom. The number of piperazine rings is 1. The number of nitriles is 2. The molecule has 134 valence electrons. The molecule has 1 fully saturated rings. The molecule has 6 heteroatoms. The molecule has 1 saturated heterocycles. The van der Waals surface area contributed by atoms with E-state index in [1.165, 1.54) is 0 Å². The summed E-state index contributed by atoms with van der Waals surface area (Å²) in [5.41, 5.74) is 1.12. The van der Waals surface area contributed by atoms with Crippen molar-refractivity contribution in [3.8, 4) is 23.6 Å². The summed E-state index contributed by atoms with van der Waals surface area (Å²) in [5.74, 6) is 1.66. The fourth-order valence-electron chi connectivity index (χ4n) is 3.12. The molecule has 1 aromatic carbocycles. The molecule has 1 atom stereocenters. The quantitative estimate of drug-likeness (QED) is 0.721. The predicted molar refractivity (Wildman–Crippen MR) is 95.2 cm³/mol. The van der Waals surface area contributed by atoms with E-state index in [9.17, 15) is 5.26 Å². The molecule has 1 aromatic rings. The van der Waals surface area contributed by atoms with Crippen LogP contribution >= 0.6 is 0 Å². The van der Waals surface area contributed by atoms with E-state index in [1.807, 2.05) is 18.2 Å². The Hall–Kier alpha value is -2.28. The van der Waals surface area contributed by atoms with Crippen molar-refractivity contribution in [2.45, 2.75) is 19.4 Å². The monoisotopic (exact) mass is 342 g/mol. The van der Waals surface area contributed by atoms with E-state index in [0.29, 0.717) is 12.8 Å². The molecule has 2 rings (SSSR count). The van der Waals surface area contributed by atoms with Crippen molar-refractivity contribution in [3.05, 3.63) is 23.8 Å². The zero-order chi connectivity index (χ0) is 18.1. The van der Waals surface area contributed by atoms with Crippen molar-refractivity contribution in [1.29, 1.82) is 10.5 Å². The second-order valence-electron chi connectivity index (χ2n) is 6.28. The summed E-state index contributed by atoms with van der Waals surface area (Å²) in [6.45, 7) is 5.38. The van der Waals surface area contributed by atoms with Gasteiger partial charge in [0.15, 0.2) is 0 Å². The van der Waals surface area contributed by atoms with Crippen molar-refractivity contribution in [2.75, 3.05) is 46.9 Å². The first-order valence-electron chi connectivity index (χ1n) is 8.62. The summed E-state index contributed by atoms with van der Waals surface area (Å²) >= 11 is 0. The Morgan fingerprint density at radius 3 is 2.40 bits per heavy atom. The number of nitrogens with zero attached hydrogens (tertiary/aromatic N) is 4. The van der Waals surface area contributed by atoms with Crippen LogP contribution in [0.5, 0.6) is 11.5 Å². The smallest absolute Gasteiger partial charge is 0.123 e. The lowest BCUT2D eigenvalue weighted by Crippen LogP contribution is -2.47. The van der Waals surface area contributed by atoms with Crippen molar-refractivity contribution in [1.82, 2.24) is 9.80 Å². The van der Waals surface area contributed by atoms with E-state index >= 15 is 0 Å². The Balaban J connectivity index is 1.86. The molecule has 0 aromatic heterocycles. The molecule has 25 heavy (non-hydrogen) atoms. The molecule has 0 amide bonds. The topological polar surface area (TPSA) is 72.5 Å². The second kappa shape index (κ2) is 9.88. The molecule has 0 bridgehead atoms. The van der Waals surface area contributed by atoms with Gasteiger partial charge < -0.3 is 9.47 Å². The van der Waals surface area contributed by atoms with E-state index in [4.69, 9.17) is 14.7 Å². The van der Waals surface area contributed by atoms with Gasteiger partial charge in [-0.3, -0.25) is 9.80 Å². The summed E-state index contributed by atoms with van der Waals surface area (Å²) in [4.78, 5) is 4.72. The first kappa shape index (κ1) is 19.1. The van der Waals surface area contributed by atoms with Crippen LogP contribution in [-0.4, -0.2) is 56.7 Å². The highest BCUT2D eigenvalue weighted by Crippen LogP contribution is 2.25. The largest absolute Gasteiger partial charge is 0.497 e. The number of methoxy groups -OCH3 is 2. The zero-order valence-electron chi connectivity index (χ0n) is 15.1. The maximum absolute atomic E-state index is 9.21. The number of hydrogen-bond acceptors (Lipinski definition) is 6. The van der Waals surface area contributed by atoms with Gasteiger partial charge in [-0.1, -0.05) is 0 Å². The van der Waals surface area contributed by atoms with Gasteiger partial charge in [0.1, 0.15) is 11.5 Å². The minimum absolute atomic E-state index is 0.0512. The van der Waals surface area contributed by atoms with Gasteiger partial charge in [0.2, 0.25) is 0 Å². The SMILES string of the molecule is COc1ccc(OC)c(CN2CCN(CC(C#N)CCC#N)CC2)c1. The summed E-state index contributed by atoms with van der Waals surface area (Å²) in [7, 11) is 3.36. The van der Waals surface area contributed by atoms with Crippen LogP contribution in [-0.2, 0) is 6.54 Å². The number of benzene rings is 1. The van der Waals surface area contributed by atoms with Gasteiger partial charge in [-0.15, -0.1) is 0 Å². The lowest BCUT2D eigenvalue weighted by atomic mass is 10.0. The van der Waals surface area contributed by atoms with Crippen molar-refractivity contribution >= 4 is 0 Å². The highest BCUT2D eigenvalue weighted by atomic mass is 16.5. The van der Waals surface area contributed by atoms with E-state index in [0.717, 1.165) is 56.3 Å². The Morgan fingerprint density at radius 2 is 1.80 bits per heavy atom. The average Bonchev–Trinajstić information content (AvgIpc) is 2.66. The Labute approximate surface area is 150 Å². The molecule has 0 spiro atoms. The second-order valence-corrected chi connectivity index (χ2v) is 6.28. The third kappa shape index (κ3) is 5.63. The molecule has 6 nitrogen and oxygen atoms in total. The van der Waals surface area contributed by atoms with Gasteiger partial charge >= 0.3 is 0 Å². The van der Waals surface area contributed by atoms with Gasteiger partial charge in [-0.2, -0.15) is 10.5 Å². The molecule has 0 N–H and O–H groups in total. The molecule has 1 unspecified atom stereocenters. The standard InChI is InChI=1S/C19H26N4O2/c1-24-18-5-6-19(25-2)17(12-18)15-23-10-8-22(9-11-23)14-16(13-21)4-3-7-20/h5-6,12,16H,3-4,8-11,14-15H2,1-2H3. The minimum atomic E-state index is -0.0512. The highest BCUT2D eigenvalue weighted by Gasteiger charge is 2.21. The molecular weight excluding hydrogens is 316 g/mol. The van der Waals surface area contributed by atoms with Gasteiger partial charge in [0.25, 0.3) is 0 Å². The van der Waals surface area contributed by atoms with E-state index in [2.05, 4.69) is 21.9 Å². The van der Waals surface area contributed by atoms with Gasteiger partial charge in [-0.25, -0.2) is 0 Å². The third-order valence-corrected chi connectivity index (χ3v) is 4.61. The molecular formula is C19H26N4O2. The molecule has 1 aliphatic rings. The van der Waals surface area contributed by atoms with Crippen LogP contribution in [0.4, 0.5) is 0 Å². The van der Waals surface area contributed by atoms with E-state index < -0.39 is 0 Å². The maximum atomic E-state index is 9.21. The lowest BCUT2D eigenvalue weighted by Gasteiger charge is -2.35. The van der Waals surface area contributed by atoms with Crippen LogP contribution in [0, 0.1) is 28.6 Å². The van der Waals surface area contributed by atoms with Crippen LogP contribution in [0.1, 0.15) is 18.4 Å². The number of hydrogen-bond donors (Lipinski definition) is 0. The summed E-state index contributed by atoms with van der Waals surface area (Å²) < 4.78 is 10.8. The predicted octanol–water partition coefficient (Wildman–Crippen LogP) is 2.26. The Bertz CT molecular complexity index is 627. The lowest BCUT2D eigenvalue weighted by molar-refractivity contribution is 0.117. The van der Waals surface area contributed by atoms with E-state index in [1.54, 1.807) is 14.2 Å². The van der Waals surface area contributed by atoms with Crippen LogP contribution in [0.3, 0.4) is 0 Å². The molecule has 0 saturated carbocycles. The first-order chi connectivity index (χ1) is 12.2. The van der Waals surface area contributed by atoms with Crippen LogP contribution in [0.15, 0.2) is 18.2 Å². The number of rotatable bonds is 8. The third-order valence-electron chi connectivity index (χ3n) is 4.61.